The fourth-order valence-corrected chi connectivity index (χ4v) is 4.18. The lowest BCUT2D eigenvalue weighted by molar-refractivity contribution is 0.134. The van der Waals surface area contributed by atoms with Crippen LogP contribution in [-0.2, 0) is 0 Å². The summed E-state index contributed by atoms with van der Waals surface area (Å²) in [4.78, 5) is 0. The zero-order chi connectivity index (χ0) is 18.2. The molecule has 4 aromatic carbocycles. The molecule has 0 saturated carbocycles. The van der Waals surface area contributed by atoms with E-state index in [1.54, 1.807) is 0 Å². The van der Waals surface area contributed by atoms with Gasteiger partial charge in [-0.2, -0.15) is 0 Å². The maximum absolute atomic E-state index is 6.39. The standard InChI is InChI=1S/C24H18BrNO/c25-19-12-13-20-18(15-19)11-14-21-22(20)23(16-7-3-1-4-8-16)26-24(27-21)17-9-5-2-6-10-17/h1-15,23-24,26H/t23-,24+/m1/s1. The minimum Gasteiger partial charge on any atom is -0.471 e. The van der Waals surface area contributed by atoms with E-state index in [1.807, 2.05) is 18.2 Å². The predicted molar refractivity (Wildman–Crippen MR) is 113 cm³/mol. The number of benzene rings is 4. The van der Waals surface area contributed by atoms with Gasteiger partial charge in [-0.3, -0.25) is 5.32 Å². The molecule has 5 rings (SSSR count). The van der Waals surface area contributed by atoms with Crippen LogP contribution in [0.15, 0.2) is 95.5 Å². The fraction of sp³-hybridized carbons (Fsp3) is 0.0833. The van der Waals surface area contributed by atoms with Gasteiger partial charge in [-0.1, -0.05) is 88.7 Å². The molecule has 2 nitrogen and oxygen atoms in total. The Morgan fingerprint density at radius 3 is 2.19 bits per heavy atom. The zero-order valence-electron chi connectivity index (χ0n) is 14.6. The molecule has 1 aliphatic rings. The quantitative estimate of drug-likeness (QED) is 0.410. The van der Waals surface area contributed by atoms with Gasteiger partial charge in [0, 0.05) is 15.6 Å². The van der Waals surface area contributed by atoms with Crippen LogP contribution in [-0.4, -0.2) is 0 Å². The van der Waals surface area contributed by atoms with E-state index in [2.05, 4.69) is 94.0 Å². The summed E-state index contributed by atoms with van der Waals surface area (Å²) < 4.78 is 7.47. The number of hydrogen-bond acceptors (Lipinski definition) is 2. The Morgan fingerprint density at radius 2 is 1.44 bits per heavy atom. The second kappa shape index (κ2) is 6.84. The average molecular weight is 416 g/mol. The number of ether oxygens (including phenoxy) is 1. The lowest BCUT2D eigenvalue weighted by Crippen LogP contribution is -2.35. The van der Waals surface area contributed by atoms with Gasteiger partial charge in [-0.25, -0.2) is 0 Å². The van der Waals surface area contributed by atoms with Crippen molar-refractivity contribution < 1.29 is 4.74 Å². The third kappa shape index (κ3) is 3.03. The van der Waals surface area contributed by atoms with Crippen molar-refractivity contribution in [1.82, 2.24) is 5.32 Å². The van der Waals surface area contributed by atoms with Crippen molar-refractivity contribution in [2.45, 2.75) is 12.3 Å². The van der Waals surface area contributed by atoms with Gasteiger partial charge in [0.1, 0.15) is 5.75 Å². The van der Waals surface area contributed by atoms with Crippen LogP contribution in [0.25, 0.3) is 10.8 Å². The summed E-state index contributed by atoms with van der Waals surface area (Å²) >= 11 is 3.58. The number of rotatable bonds is 2. The second-order valence-electron chi connectivity index (χ2n) is 6.76. The Balaban J connectivity index is 1.71. The summed E-state index contributed by atoms with van der Waals surface area (Å²) in [6.45, 7) is 0. The lowest BCUT2D eigenvalue weighted by atomic mass is 9.91. The van der Waals surface area contributed by atoms with E-state index in [-0.39, 0.29) is 12.3 Å². The molecule has 0 aliphatic carbocycles. The Morgan fingerprint density at radius 1 is 0.741 bits per heavy atom. The molecule has 0 radical (unpaired) electrons. The van der Waals surface area contributed by atoms with Crippen molar-refractivity contribution >= 4 is 26.7 Å². The minimum absolute atomic E-state index is 0.0602. The van der Waals surface area contributed by atoms with Crippen molar-refractivity contribution in [3.05, 3.63) is 112 Å². The van der Waals surface area contributed by atoms with Crippen molar-refractivity contribution in [2.75, 3.05) is 0 Å². The highest BCUT2D eigenvalue weighted by atomic mass is 79.9. The maximum atomic E-state index is 6.39. The number of halogens is 1. The summed E-state index contributed by atoms with van der Waals surface area (Å²) in [5.74, 6) is 0.936. The third-order valence-corrected chi connectivity index (χ3v) is 5.56. The van der Waals surface area contributed by atoms with Gasteiger partial charge < -0.3 is 4.74 Å². The van der Waals surface area contributed by atoms with Gasteiger partial charge in [0.2, 0.25) is 0 Å². The zero-order valence-corrected chi connectivity index (χ0v) is 16.2. The number of nitrogens with one attached hydrogen (secondary N) is 1. The molecule has 27 heavy (non-hydrogen) atoms. The van der Waals surface area contributed by atoms with Crippen LogP contribution in [0.4, 0.5) is 0 Å². The van der Waals surface area contributed by atoms with Gasteiger partial charge in [-0.15, -0.1) is 0 Å². The highest BCUT2D eigenvalue weighted by Gasteiger charge is 2.31. The normalized spacial score (nSPS) is 18.7. The minimum atomic E-state index is -0.184. The first kappa shape index (κ1) is 16.5. The Kier molecular flexibility index (Phi) is 4.19. The first-order chi connectivity index (χ1) is 13.3. The average Bonchev–Trinajstić information content (AvgIpc) is 2.74. The third-order valence-electron chi connectivity index (χ3n) is 5.07. The molecule has 0 amide bonds. The molecule has 132 valence electrons. The molecular formula is C24H18BrNO. The molecule has 1 N–H and O–H groups in total. The monoisotopic (exact) mass is 415 g/mol. The van der Waals surface area contributed by atoms with Crippen LogP contribution >= 0.6 is 15.9 Å². The van der Waals surface area contributed by atoms with E-state index >= 15 is 0 Å². The molecule has 3 heteroatoms. The van der Waals surface area contributed by atoms with Gasteiger partial charge in [-0.05, 0) is 34.5 Å². The summed E-state index contributed by atoms with van der Waals surface area (Å²) in [5, 5.41) is 6.13. The molecule has 0 fully saturated rings. The van der Waals surface area contributed by atoms with E-state index in [4.69, 9.17) is 4.74 Å². The van der Waals surface area contributed by atoms with E-state index < -0.39 is 0 Å². The number of hydrogen-bond donors (Lipinski definition) is 1. The van der Waals surface area contributed by atoms with E-state index in [0.29, 0.717) is 0 Å². The van der Waals surface area contributed by atoms with Gasteiger partial charge >= 0.3 is 0 Å². The summed E-state index contributed by atoms with van der Waals surface area (Å²) in [6, 6.07) is 31.6. The summed E-state index contributed by atoms with van der Waals surface area (Å²) in [7, 11) is 0. The smallest absolute Gasteiger partial charge is 0.177 e. The van der Waals surface area contributed by atoms with Crippen LogP contribution in [0.3, 0.4) is 0 Å². The molecule has 0 saturated heterocycles. The van der Waals surface area contributed by atoms with Crippen molar-refractivity contribution in [3.8, 4) is 5.75 Å². The highest BCUT2D eigenvalue weighted by Crippen LogP contribution is 2.42. The van der Waals surface area contributed by atoms with Gasteiger partial charge in [0.25, 0.3) is 0 Å². The van der Waals surface area contributed by atoms with Crippen LogP contribution in [0.1, 0.15) is 29.0 Å². The molecule has 0 bridgehead atoms. The molecule has 0 aromatic heterocycles. The Labute approximate surface area is 166 Å². The fourth-order valence-electron chi connectivity index (χ4n) is 3.80. The second-order valence-corrected chi connectivity index (χ2v) is 7.68. The highest BCUT2D eigenvalue weighted by molar-refractivity contribution is 9.10. The first-order valence-corrected chi connectivity index (χ1v) is 9.84. The van der Waals surface area contributed by atoms with E-state index in [9.17, 15) is 0 Å². The summed E-state index contributed by atoms with van der Waals surface area (Å²) in [5.41, 5.74) is 3.55. The Bertz CT molecular complexity index is 1100. The largest absolute Gasteiger partial charge is 0.471 e. The van der Waals surface area contributed by atoms with Crippen molar-refractivity contribution in [1.29, 1.82) is 0 Å². The predicted octanol–water partition coefficient (Wildman–Crippen LogP) is 6.37. The first-order valence-electron chi connectivity index (χ1n) is 9.04. The van der Waals surface area contributed by atoms with Crippen LogP contribution in [0.5, 0.6) is 5.75 Å². The van der Waals surface area contributed by atoms with Crippen LogP contribution in [0.2, 0.25) is 0 Å². The molecule has 1 aliphatic heterocycles. The summed E-state index contributed by atoms with van der Waals surface area (Å²) in [6.07, 6.45) is -0.184. The molecule has 4 aromatic rings. The van der Waals surface area contributed by atoms with Crippen LogP contribution in [0, 0.1) is 0 Å². The van der Waals surface area contributed by atoms with E-state index in [0.717, 1.165) is 15.8 Å². The SMILES string of the molecule is Brc1ccc2c3c(ccc2c1)O[C@@H](c1ccccc1)N[C@@H]3c1ccccc1. The maximum Gasteiger partial charge on any atom is 0.177 e. The molecule has 0 spiro atoms. The molecular weight excluding hydrogens is 398 g/mol. The van der Waals surface area contributed by atoms with Gasteiger partial charge in [0.15, 0.2) is 6.23 Å². The van der Waals surface area contributed by atoms with Crippen LogP contribution < -0.4 is 10.1 Å². The topological polar surface area (TPSA) is 21.3 Å². The lowest BCUT2D eigenvalue weighted by Gasteiger charge is -2.35. The Hall–Kier alpha value is -2.62. The molecule has 1 heterocycles. The van der Waals surface area contributed by atoms with Crippen molar-refractivity contribution in [3.63, 3.8) is 0 Å². The molecule has 0 unspecified atom stereocenters. The molecule has 2 atom stereocenters. The van der Waals surface area contributed by atoms with Crippen molar-refractivity contribution in [2.24, 2.45) is 0 Å². The number of fused-ring (bicyclic) bond motifs is 3. The van der Waals surface area contributed by atoms with E-state index in [1.165, 1.54) is 21.9 Å². The van der Waals surface area contributed by atoms with Gasteiger partial charge in [0.05, 0.1) is 6.04 Å².